The minimum absolute atomic E-state index is 0.357. The van der Waals surface area contributed by atoms with Crippen molar-refractivity contribution < 1.29 is 0 Å². The Labute approximate surface area is 134 Å². The smallest absolute Gasteiger partial charge is 0.0453 e. The molecule has 0 amide bonds. The Kier molecular flexibility index (Phi) is 6.53. The van der Waals surface area contributed by atoms with E-state index >= 15 is 0 Å². The largest absolute Gasteiger partial charge is 0.310 e. The summed E-state index contributed by atoms with van der Waals surface area (Å²) in [6.07, 6.45) is 3.79. The molecular formula is C18H29ClN2. The monoisotopic (exact) mass is 308 g/mol. The van der Waals surface area contributed by atoms with Gasteiger partial charge in [-0.1, -0.05) is 43.6 Å². The Morgan fingerprint density at radius 2 is 2.10 bits per heavy atom. The highest BCUT2D eigenvalue weighted by atomic mass is 35.5. The van der Waals surface area contributed by atoms with E-state index in [0.29, 0.717) is 12.1 Å². The second-order valence-corrected chi connectivity index (χ2v) is 6.84. The fourth-order valence-electron chi connectivity index (χ4n) is 3.45. The highest BCUT2D eigenvalue weighted by Crippen LogP contribution is 2.27. The maximum Gasteiger partial charge on any atom is 0.0453 e. The van der Waals surface area contributed by atoms with Gasteiger partial charge in [0.05, 0.1) is 0 Å². The van der Waals surface area contributed by atoms with E-state index in [1.165, 1.54) is 24.9 Å². The van der Waals surface area contributed by atoms with Gasteiger partial charge in [-0.3, -0.25) is 0 Å². The third-order valence-corrected chi connectivity index (χ3v) is 5.06. The van der Waals surface area contributed by atoms with Gasteiger partial charge in [0.25, 0.3) is 0 Å². The number of rotatable bonds is 6. The van der Waals surface area contributed by atoms with E-state index in [2.05, 4.69) is 43.1 Å². The van der Waals surface area contributed by atoms with Gasteiger partial charge >= 0.3 is 0 Å². The molecule has 1 N–H and O–H groups in total. The van der Waals surface area contributed by atoms with Crippen molar-refractivity contribution in [2.45, 2.75) is 52.1 Å². The standard InChI is InChI=1S/C18H29ClN2/c1-4-20-18(16-7-5-6-8-17(16)19)10-12-21-11-9-14(2)13-15(21)3/h5-8,14-15,18,20H,4,9-13H2,1-3H3. The average Bonchev–Trinajstić information content (AvgIpc) is 2.46. The van der Waals surface area contributed by atoms with Crippen LogP contribution in [0, 0.1) is 5.92 Å². The van der Waals surface area contributed by atoms with Crippen molar-refractivity contribution in [3.63, 3.8) is 0 Å². The van der Waals surface area contributed by atoms with Crippen molar-refractivity contribution in [2.75, 3.05) is 19.6 Å². The molecule has 3 unspecified atom stereocenters. The first kappa shape index (κ1) is 16.8. The van der Waals surface area contributed by atoms with E-state index in [4.69, 9.17) is 11.6 Å². The van der Waals surface area contributed by atoms with E-state index in [1.54, 1.807) is 0 Å². The predicted octanol–water partition coefficient (Wildman–Crippen LogP) is 4.50. The molecule has 3 atom stereocenters. The Hall–Kier alpha value is -0.570. The third-order valence-electron chi connectivity index (χ3n) is 4.71. The molecule has 118 valence electrons. The minimum Gasteiger partial charge on any atom is -0.310 e. The molecule has 0 aliphatic carbocycles. The number of hydrogen-bond acceptors (Lipinski definition) is 2. The lowest BCUT2D eigenvalue weighted by atomic mass is 9.93. The van der Waals surface area contributed by atoms with Crippen LogP contribution in [0.2, 0.25) is 5.02 Å². The van der Waals surface area contributed by atoms with Crippen molar-refractivity contribution in [1.29, 1.82) is 0 Å². The van der Waals surface area contributed by atoms with Crippen LogP contribution >= 0.6 is 11.6 Å². The first-order valence-electron chi connectivity index (χ1n) is 8.33. The molecule has 21 heavy (non-hydrogen) atoms. The molecule has 0 saturated carbocycles. The molecule has 0 bridgehead atoms. The summed E-state index contributed by atoms with van der Waals surface area (Å²) >= 11 is 6.37. The number of halogens is 1. The summed E-state index contributed by atoms with van der Waals surface area (Å²) in [5.41, 5.74) is 1.24. The van der Waals surface area contributed by atoms with E-state index < -0.39 is 0 Å². The zero-order valence-electron chi connectivity index (χ0n) is 13.6. The van der Waals surface area contributed by atoms with Crippen molar-refractivity contribution in [2.24, 2.45) is 5.92 Å². The molecule has 1 aliphatic heterocycles. The maximum absolute atomic E-state index is 6.37. The molecule has 1 fully saturated rings. The summed E-state index contributed by atoms with van der Waals surface area (Å²) in [5, 5.41) is 4.47. The lowest BCUT2D eigenvalue weighted by Gasteiger charge is -2.37. The van der Waals surface area contributed by atoms with Crippen molar-refractivity contribution in [3.05, 3.63) is 34.9 Å². The summed E-state index contributed by atoms with van der Waals surface area (Å²) in [6.45, 7) is 10.3. The van der Waals surface area contributed by atoms with Gasteiger partial charge in [-0.05, 0) is 56.8 Å². The topological polar surface area (TPSA) is 15.3 Å². The number of nitrogens with one attached hydrogen (secondary N) is 1. The first-order valence-corrected chi connectivity index (χ1v) is 8.71. The molecule has 2 nitrogen and oxygen atoms in total. The van der Waals surface area contributed by atoms with E-state index in [9.17, 15) is 0 Å². The number of benzene rings is 1. The van der Waals surface area contributed by atoms with Gasteiger partial charge in [-0.25, -0.2) is 0 Å². The molecule has 1 aliphatic rings. The zero-order chi connectivity index (χ0) is 15.2. The summed E-state index contributed by atoms with van der Waals surface area (Å²) in [4.78, 5) is 2.64. The van der Waals surface area contributed by atoms with E-state index in [-0.39, 0.29) is 0 Å². The highest BCUT2D eigenvalue weighted by Gasteiger charge is 2.23. The molecule has 2 rings (SSSR count). The van der Waals surface area contributed by atoms with Crippen LogP contribution in [-0.2, 0) is 0 Å². The van der Waals surface area contributed by atoms with Crippen LogP contribution in [0.4, 0.5) is 0 Å². The van der Waals surface area contributed by atoms with Gasteiger partial charge in [-0.2, -0.15) is 0 Å². The van der Waals surface area contributed by atoms with Gasteiger partial charge in [0.1, 0.15) is 0 Å². The number of piperidine rings is 1. The Bertz CT molecular complexity index is 435. The van der Waals surface area contributed by atoms with Crippen LogP contribution in [0.15, 0.2) is 24.3 Å². The van der Waals surface area contributed by atoms with Gasteiger partial charge in [0.15, 0.2) is 0 Å². The Morgan fingerprint density at radius 1 is 1.33 bits per heavy atom. The lowest BCUT2D eigenvalue weighted by molar-refractivity contribution is 0.124. The molecular weight excluding hydrogens is 280 g/mol. The first-order chi connectivity index (χ1) is 10.1. The summed E-state index contributed by atoms with van der Waals surface area (Å²) in [6, 6.07) is 9.29. The van der Waals surface area contributed by atoms with Crippen molar-refractivity contribution >= 4 is 11.6 Å². The molecule has 0 radical (unpaired) electrons. The number of hydrogen-bond donors (Lipinski definition) is 1. The Morgan fingerprint density at radius 3 is 2.76 bits per heavy atom. The van der Waals surface area contributed by atoms with Crippen LogP contribution in [0.5, 0.6) is 0 Å². The summed E-state index contributed by atoms with van der Waals surface area (Å²) < 4.78 is 0. The fourth-order valence-corrected chi connectivity index (χ4v) is 3.72. The van der Waals surface area contributed by atoms with Gasteiger partial charge in [0, 0.05) is 23.7 Å². The quantitative estimate of drug-likeness (QED) is 0.832. The van der Waals surface area contributed by atoms with E-state index in [1.807, 2.05) is 12.1 Å². The van der Waals surface area contributed by atoms with Crippen LogP contribution in [0.1, 0.15) is 51.6 Å². The van der Waals surface area contributed by atoms with Crippen LogP contribution in [-0.4, -0.2) is 30.6 Å². The SMILES string of the molecule is CCNC(CCN1CCC(C)CC1C)c1ccccc1Cl. The number of nitrogens with zero attached hydrogens (tertiary/aromatic N) is 1. The summed E-state index contributed by atoms with van der Waals surface area (Å²) in [7, 11) is 0. The Balaban J connectivity index is 1.96. The molecule has 1 aromatic rings. The highest BCUT2D eigenvalue weighted by molar-refractivity contribution is 6.31. The van der Waals surface area contributed by atoms with Crippen LogP contribution < -0.4 is 5.32 Å². The normalized spacial score (nSPS) is 25.0. The molecule has 0 aromatic heterocycles. The number of likely N-dealkylation sites (tertiary alicyclic amines) is 1. The average molecular weight is 309 g/mol. The maximum atomic E-state index is 6.37. The predicted molar refractivity (Wildman–Crippen MR) is 91.9 cm³/mol. The fraction of sp³-hybridized carbons (Fsp3) is 0.667. The molecule has 3 heteroatoms. The molecule has 1 saturated heterocycles. The van der Waals surface area contributed by atoms with Crippen molar-refractivity contribution in [1.82, 2.24) is 10.2 Å². The summed E-state index contributed by atoms with van der Waals surface area (Å²) in [5.74, 6) is 0.879. The van der Waals surface area contributed by atoms with Crippen molar-refractivity contribution in [3.8, 4) is 0 Å². The third kappa shape index (κ3) is 4.70. The van der Waals surface area contributed by atoms with E-state index in [0.717, 1.165) is 30.5 Å². The lowest BCUT2D eigenvalue weighted by Crippen LogP contribution is -2.41. The van der Waals surface area contributed by atoms with Crippen LogP contribution in [0.25, 0.3) is 0 Å². The second kappa shape index (κ2) is 8.17. The molecule has 1 heterocycles. The van der Waals surface area contributed by atoms with Gasteiger partial charge in [0.2, 0.25) is 0 Å². The van der Waals surface area contributed by atoms with Gasteiger partial charge in [-0.15, -0.1) is 0 Å². The molecule has 0 spiro atoms. The second-order valence-electron chi connectivity index (χ2n) is 6.43. The van der Waals surface area contributed by atoms with Gasteiger partial charge < -0.3 is 10.2 Å². The molecule has 1 aromatic carbocycles. The minimum atomic E-state index is 0.357. The zero-order valence-corrected chi connectivity index (χ0v) is 14.4. The van der Waals surface area contributed by atoms with Crippen LogP contribution in [0.3, 0.4) is 0 Å².